The van der Waals surface area contributed by atoms with Gasteiger partial charge in [0.1, 0.15) is 0 Å². The lowest BCUT2D eigenvalue weighted by atomic mass is 10.2. The van der Waals surface area contributed by atoms with E-state index >= 15 is 0 Å². The van der Waals surface area contributed by atoms with E-state index in [0.717, 1.165) is 25.9 Å². The van der Waals surface area contributed by atoms with Crippen molar-refractivity contribution in [2.75, 3.05) is 13.1 Å². The molecule has 0 saturated heterocycles. The Kier molecular flexibility index (Phi) is 2.93. The summed E-state index contributed by atoms with van der Waals surface area (Å²) in [6, 6.07) is 0. The fourth-order valence-corrected chi connectivity index (χ4v) is 0.854. The normalized spacial score (nSPS) is 21.5. The fraction of sp³-hybridized carbons (Fsp3) is 0.714. The summed E-state index contributed by atoms with van der Waals surface area (Å²) in [4.78, 5) is 4.12. The van der Waals surface area contributed by atoms with E-state index in [2.05, 4.69) is 15.5 Å². The lowest BCUT2D eigenvalue weighted by Crippen LogP contribution is -2.14. The van der Waals surface area contributed by atoms with Crippen LogP contribution in [0.25, 0.3) is 0 Å². The predicted octanol–water partition coefficient (Wildman–Crippen LogP) is 0.817. The quantitative estimate of drug-likeness (QED) is 0.565. The molecule has 1 aliphatic heterocycles. The van der Waals surface area contributed by atoms with Gasteiger partial charge in [-0.3, -0.25) is 4.99 Å². The topological polar surface area (TPSA) is 36.8 Å². The molecule has 3 heteroatoms. The molecular weight excluding hydrogens is 126 g/mol. The van der Waals surface area contributed by atoms with Gasteiger partial charge >= 0.3 is 0 Å². The van der Waals surface area contributed by atoms with E-state index in [1.165, 1.54) is 5.71 Å². The van der Waals surface area contributed by atoms with Crippen LogP contribution in [0.3, 0.4) is 0 Å². The van der Waals surface area contributed by atoms with Crippen LogP contribution in [0, 0.1) is 0 Å². The average Bonchev–Trinajstić information content (AvgIpc) is 2.03. The van der Waals surface area contributed by atoms with Gasteiger partial charge in [-0.2, -0.15) is 5.10 Å². The van der Waals surface area contributed by atoms with Gasteiger partial charge < -0.3 is 5.43 Å². The summed E-state index contributed by atoms with van der Waals surface area (Å²) in [5.41, 5.74) is 4.10. The maximum Gasteiger partial charge on any atom is 0.0786 e. The summed E-state index contributed by atoms with van der Waals surface area (Å²) in [6.45, 7) is 3.72. The number of rotatable bonds is 2. The molecule has 3 nitrogen and oxygen atoms in total. The van der Waals surface area contributed by atoms with Crippen molar-refractivity contribution in [3.05, 3.63) is 0 Å². The zero-order valence-corrected chi connectivity index (χ0v) is 6.30. The van der Waals surface area contributed by atoms with Gasteiger partial charge in [0.15, 0.2) is 0 Å². The minimum Gasteiger partial charge on any atom is -0.310 e. The third-order valence-corrected chi connectivity index (χ3v) is 1.36. The number of hydrogen-bond acceptors (Lipinski definition) is 3. The lowest BCUT2D eigenvalue weighted by molar-refractivity contribution is 0.772. The van der Waals surface area contributed by atoms with Crippen LogP contribution in [0.1, 0.15) is 19.8 Å². The monoisotopic (exact) mass is 139 g/mol. The summed E-state index contributed by atoms with van der Waals surface area (Å²) in [5, 5.41) is 4.15. The van der Waals surface area contributed by atoms with Gasteiger partial charge in [-0.15, -0.1) is 0 Å². The standard InChI is InChI=1S/C7H13N3/c1-2-9-10-7-4-3-5-8-6-7/h5,9H,2-4,6H2,1H3. The lowest BCUT2D eigenvalue weighted by Gasteiger charge is -2.05. The fourth-order valence-electron chi connectivity index (χ4n) is 0.854. The molecule has 0 fully saturated rings. The van der Waals surface area contributed by atoms with Gasteiger partial charge in [0.2, 0.25) is 0 Å². The molecule has 56 valence electrons. The van der Waals surface area contributed by atoms with Crippen LogP contribution in [0.2, 0.25) is 0 Å². The highest BCUT2D eigenvalue weighted by Crippen LogP contribution is 1.97. The van der Waals surface area contributed by atoms with E-state index in [0.29, 0.717) is 0 Å². The van der Waals surface area contributed by atoms with Crippen molar-refractivity contribution in [1.82, 2.24) is 5.43 Å². The molecular formula is C7H13N3. The molecule has 0 saturated carbocycles. The van der Waals surface area contributed by atoms with E-state index in [-0.39, 0.29) is 0 Å². The Bertz CT molecular complexity index is 149. The molecule has 0 aromatic carbocycles. The second-order valence-corrected chi connectivity index (χ2v) is 2.25. The van der Waals surface area contributed by atoms with Gasteiger partial charge in [0.25, 0.3) is 0 Å². The molecule has 0 aliphatic carbocycles. The Morgan fingerprint density at radius 1 is 1.80 bits per heavy atom. The van der Waals surface area contributed by atoms with E-state index in [9.17, 15) is 0 Å². The SMILES string of the molecule is CCNN=C1CCC=NC1. The van der Waals surface area contributed by atoms with Crippen LogP contribution >= 0.6 is 0 Å². The molecule has 1 aliphatic rings. The second kappa shape index (κ2) is 4.04. The largest absolute Gasteiger partial charge is 0.310 e. The van der Waals surface area contributed by atoms with Crippen LogP contribution in [0.4, 0.5) is 0 Å². The molecule has 10 heavy (non-hydrogen) atoms. The van der Waals surface area contributed by atoms with Crippen LogP contribution in [-0.4, -0.2) is 25.0 Å². The highest BCUT2D eigenvalue weighted by molar-refractivity contribution is 5.90. The molecule has 1 rings (SSSR count). The van der Waals surface area contributed by atoms with Crippen LogP contribution in [0.5, 0.6) is 0 Å². The molecule has 1 N–H and O–H groups in total. The first kappa shape index (κ1) is 7.25. The summed E-state index contributed by atoms with van der Waals surface area (Å²) in [6.07, 6.45) is 4.08. The Labute approximate surface area is 61.2 Å². The molecule has 0 amide bonds. The van der Waals surface area contributed by atoms with E-state index < -0.39 is 0 Å². The van der Waals surface area contributed by atoms with E-state index in [1.54, 1.807) is 0 Å². The van der Waals surface area contributed by atoms with E-state index in [1.807, 2.05) is 13.1 Å². The highest BCUT2D eigenvalue weighted by Gasteiger charge is 2.00. The zero-order valence-electron chi connectivity index (χ0n) is 6.30. The summed E-state index contributed by atoms with van der Waals surface area (Å²) >= 11 is 0. The first-order valence-electron chi connectivity index (χ1n) is 3.70. The molecule has 0 spiro atoms. The summed E-state index contributed by atoms with van der Waals surface area (Å²) < 4.78 is 0. The average molecular weight is 139 g/mol. The third kappa shape index (κ3) is 2.17. The first-order valence-corrected chi connectivity index (χ1v) is 3.70. The van der Waals surface area contributed by atoms with Crippen molar-refractivity contribution in [3.63, 3.8) is 0 Å². The molecule has 1 heterocycles. The molecule has 0 bridgehead atoms. The number of nitrogens with one attached hydrogen (secondary N) is 1. The number of aliphatic imine (C=N–C) groups is 1. The molecule has 0 aromatic heterocycles. The summed E-state index contributed by atoms with van der Waals surface area (Å²) in [5.74, 6) is 0. The van der Waals surface area contributed by atoms with Crippen molar-refractivity contribution in [2.45, 2.75) is 19.8 Å². The van der Waals surface area contributed by atoms with Gasteiger partial charge in [-0.05, 0) is 26.0 Å². The van der Waals surface area contributed by atoms with Crippen molar-refractivity contribution < 1.29 is 0 Å². The van der Waals surface area contributed by atoms with Gasteiger partial charge in [-0.1, -0.05) is 0 Å². The van der Waals surface area contributed by atoms with Crippen molar-refractivity contribution in [2.24, 2.45) is 10.1 Å². The Morgan fingerprint density at radius 3 is 3.30 bits per heavy atom. The first-order chi connectivity index (χ1) is 4.93. The number of hydrogen-bond donors (Lipinski definition) is 1. The van der Waals surface area contributed by atoms with Gasteiger partial charge in [0.05, 0.1) is 12.3 Å². The maximum absolute atomic E-state index is 4.15. The maximum atomic E-state index is 4.15. The predicted molar refractivity (Wildman–Crippen MR) is 43.7 cm³/mol. The number of nitrogens with zero attached hydrogens (tertiary/aromatic N) is 2. The zero-order chi connectivity index (χ0) is 7.23. The Balaban J connectivity index is 2.33. The smallest absolute Gasteiger partial charge is 0.0786 e. The molecule has 0 radical (unpaired) electrons. The van der Waals surface area contributed by atoms with Crippen molar-refractivity contribution >= 4 is 11.9 Å². The van der Waals surface area contributed by atoms with E-state index in [4.69, 9.17) is 0 Å². The number of hydrazone groups is 1. The third-order valence-electron chi connectivity index (χ3n) is 1.36. The highest BCUT2D eigenvalue weighted by atomic mass is 15.3. The Morgan fingerprint density at radius 2 is 2.70 bits per heavy atom. The van der Waals surface area contributed by atoms with Gasteiger partial charge in [-0.25, -0.2) is 0 Å². The molecule has 0 unspecified atom stereocenters. The van der Waals surface area contributed by atoms with Crippen LogP contribution < -0.4 is 5.43 Å². The van der Waals surface area contributed by atoms with Gasteiger partial charge in [0, 0.05) is 6.54 Å². The van der Waals surface area contributed by atoms with Crippen molar-refractivity contribution in [3.8, 4) is 0 Å². The second-order valence-electron chi connectivity index (χ2n) is 2.25. The van der Waals surface area contributed by atoms with Crippen molar-refractivity contribution in [1.29, 1.82) is 0 Å². The Hall–Kier alpha value is -0.860. The van der Waals surface area contributed by atoms with Crippen LogP contribution in [0.15, 0.2) is 10.1 Å². The minimum absolute atomic E-state index is 0.785. The van der Waals surface area contributed by atoms with Crippen LogP contribution in [-0.2, 0) is 0 Å². The molecule has 0 atom stereocenters. The molecule has 0 aromatic rings. The minimum atomic E-state index is 0.785. The summed E-state index contributed by atoms with van der Waals surface area (Å²) in [7, 11) is 0.